The highest BCUT2D eigenvalue weighted by Crippen LogP contribution is 2.05. The lowest BCUT2D eigenvalue weighted by Crippen LogP contribution is -2.21. The number of aromatic nitrogens is 2. The van der Waals surface area contributed by atoms with Crippen molar-refractivity contribution in [3.8, 4) is 0 Å². The molecular weight excluding hydrogens is 162 g/mol. The molecule has 1 aliphatic rings. The topological polar surface area (TPSA) is 21.1 Å². The molecule has 1 aromatic heterocycles. The first kappa shape index (κ1) is 10.3. The average Bonchev–Trinajstić information content (AvgIpc) is 2.56. The quantitative estimate of drug-likeness (QED) is 0.603. The molecule has 0 radical (unpaired) electrons. The summed E-state index contributed by atoms with van der Waals surface area (Å²) in [5.74, 6) is 0. The van der Waals surface area contributed by atoms with E-state index in [1.807, 2.05) is 20.0 Å². The number of hydrogen-bond acceptors (Lipinski definition) is 2. The highest BCUT2D eigenvalue weighted by molar-refractivity contribution is 5.02. The van der Waals surface area contributed by atoms with E-state index in [0.29, 0.717) is 0 Å². The van der Waals surface area contributed by atoms with E-state index in [9.17, 15) is 0 Å². The van der Waals surface area contributed by atoms with Crippen LogP contribution in [0.1, 0.15) is 19.5 Å². The lowest BCUT2D eigenvalue weighted by Gasteiger charge is -2.10. The van der Waals surface area contributed by atoms with Crippen LogP contribution in [-0.2, 0) is 13.0 Å². The van der Waals surface area contributed by atoms with E-state index in [1.165, 1.54) is 5.69 Å². The van der Waals surface area contributed by atoms with Gasteiger partial charge in [0.15, 0.2) is 0 Å². The summed E-state index contributed by atoms with van der Waals surface area (Å²) in [4.78, 5) is 2.34. The van der Waals surface area contributed by atoms with E-state index in [2.05, 4.69) is 27.8 Å². The van der Waals surface area contributed by atoms with Crippen molar-refractivity contribution in [2.24, 2.45) is 0 Å². The third-order valence-electron chi connectivity index (χ3n) is 2.25. The van der Waals surface area contributed by atoms with Crippen molar-refractivity contribution in [3.63, 3.8) is 0 Å². The van der Waals surface area contributed by atoms with Gasteiger partial charge >= 0.3 is 0 Å². The Morgan fingerprint density at radius 2 is 2.00 bits per heavy atom. The van der Waals surface area contributed by atoms with E-state index < -0.39 is 0 Å². The second kappa shape index (κ2) is 5.02. The third-order valence-corrected chi connectivity index (χ3v) is 2.25. The summed E-state index contributed by atoms with van der Waals surface area (Å²) in [7, 11) is 2.16. The minimum atomic E-state index is 1.04. The van der Waals surface area contributed by atoms with Crippen molar-refractivity contribution in [2.45, 2.75) is 26.8 Å². The monoisotopic (exact) mass is 181 g/mol. The fourth-order valence-electron chi connectivity index (χ4n) is 1.46. The van der Waals surface area contributed by atoms with Gasteiger partial charge in [0.2, 0.25) is 0 Å². The lowest BCUT2D eigenvalue weighted by atomic mass is 10.3. The molecule has 2 heterocycles. The molecule has 74 valence electrons. The number of hydrogen-bond donors (Lipinski definition) is 0. The number of nitrogens with zero attached hydrogens (tertiary/aromatic N) is 3. The van der Waals surface area contributed by atoms with Crippen molar-refractivity contribution < 1.29 is 0 Å². The maximum Gasteiger partial charge on any atom is 0.0539 e. The van der Waals surface area contributed by atoms with Crippen molar-refractivity contribution in [2.75, 3.05) is 20.1 Å². The van der Waals surface area contributed by atoms with Crippen molar-refractivity contribution in [3.05, 3.63) is 18.0 Å². The second-order valence-corrected chi connectivity index (χ2v) is 3.10. The van der Waals surface area contributed by atoms with Crippen molar-refractivity contribution >= 4 is 0 Å². The van der Waals surface area contributed by atoms with Crippen LogP contribution >= 0.6 is 0 Å². The van der Waals surface area contributed by atoms with Crippen LogP contribution in [0.4, 0.5) is 0 Å². The van der Waals surface area contributed by atoms with E-state index in [0.717, 1.165) is 26.1 Å². The van der Waals surface area contributed by atoms with Gasteiger partial charge in [0.25, 0.3) is 0 Å². The summed E-state index contributed by atoms with van der Waals surface area (Å²) < 4.78 is 2.10. The van der Waals surface area contributed by atoms with Gasteiger partial charge in [-0.05, 0) is 13.1 Å². The molecule has 0 spiro atoms. The maximum atomic E-state index is 4.24. The van der Waals surface area contributed by atoms with Crippen LogP contribution in [0.5, 0.6) is 0 Å². The molecular formula is C10H19N3. The minimum absolute atomic E-state index is 1.04. The Hall–Kier alpha value is -0.830. The SMILES string of the molecule is CC.CN1CCc2ccnn2CC1. The summed E-state index contributed by atoms with van der Waals surface area (Å²) in [5, 5.41) is 4.24. The zero-order chi connectivity index (χ0) is 9.68. The molecule has 3 heteroatoms. The molecule has 13 heavy (non-hydrogen) atoms. The molecule has 1 aromatic rings. The van der Waals surface area contributed by atoms with Crippen LogP contribution in [-0.4, -0.2) is 34.8 Å². The molecule has 0 bridgehead atoms. The van der Waals surface area contributed by atoms with Gasteiger partial charge in [0.05, 0.1) is 6.54 Å². The number of fused-ring (bicyclic) bond motifs is 1. The van der Waals surface area contributed by atoms with Crippen LogP contribution in [0.2, 0.25) is 0 Å². The summed E-state index contributed by atoms with van der Waals surface area (Å²) in [6.45, 7) is 7.32. The highest BCUT2D eigenvalue weighted by Gasteiger charge is 2.09. The Kier molecular flexibility index (Phi) is 3.96. The summed E-state index contributed by atoms with van der Waals surface area (Å²) >= 11 is 0. The van der Waals surface area contributed by atoms with Gasteiger partial charge in [0.1, 0.15) is 0 Å². The molecule has 0 N–H and O–H groups in total. The largest absolute Gasteiger partial charge is 0.304 e. The Bertz CT molecular complexity index is 220. The van der Waals surface area contributed by atoms with E-state index in [-0.39, 0.29) is 0 Å². The van der Waals surface area contributed by atoms with E-state index in [1.54, 1.807) is 0 Å². The zero-order valence-electron chi connectivity index (χ0n) is 8.82. The van der Waals surface area contributed by atoms with Crippen molar-refractivity contribution in [1.29, 1.82) is 0 Å². The first-order chi connectivity index (χ1) is 6.36. The van der Waals surface area contributed by atoms with E-state index >= 15 is 0 Å². The van der Waals surface area contributed by atoms with Gasteiger partial charge in [-0.2, -0.15) is 5.10 Å². The maximum absolute atomic E-state index is 4.24. The first-order valence-corrected chi connectivity index (χ1v) is 5.05. The average molecular weight is 181 g/mol. The van der Waals surface area contributed by atoms with Crippen LogP contribution < -0.4 is 0 Å². The van der Waals surface area contributed by atoms with Crippen LogP contribution in [0.3, 0.4) is 0 Å². The normalized spacial score (nSPS) is 16.8. The number of rotatable bonds is 0. The Labute approximate surface area is 80.4 Å². The molecule has 0 aliphatic carbocycles. The van der Waals surface area contributed by atoms with Crippen LogP contribution in [0, 0.1) is 0 Å². The van der Waals surface area contributed by atoms with Gasteiger partial charge < -0.3 is 4.90 Å². The molecule has 1 aliphatic heterocycles. The van der Waals surface area contributed by atoms with Gasteiger partial charge in [-0.15, -0.1) is 0 Å². The van der Waals surface area contributed by atoms with E-state index in [4.69, 9.17) is 0 Å². The Morgan fingerprint density at radius 3 is 2.77 bits per heavy atom. The molecule has 0 aromatic carbocycles. The fraction of sp³-hybridized carbons (Fsp3) is 0.700. The Balaban J connectivity index is 0.000000396. The van der Waals surface area contributed by atoms with Crippen molar-refractivity contribution in [1.82, 2.24) is 14.7 Å². The van der Waals surface area contributed by atoms with Crippen LogP contribution in [0.15, 0.2) is 12.3 Å². The highest BCUT2D eigenvalue weighted by atomic mass is 15.3. The molecule has 0 saturated carbocycles. The third kappa shape index (κ3) is 2.56. The summed E-state index contributed by atoms with van der Waals surface area (Å²) in [6, 6.07) is 2.11. The Morgan fingerprint density at radius 1 is 1.23 bits per heavy atom. The van der Waals surface area contributed by atoms with Crippen LogP contribution in [0.25, 0.3) is 0 Å². The lowest BCUT2D eigenvalue weighted by molar-refractivity contribution is 0.337. The fourth-order valence-corrected chi connectivity index (χ4v) is 1.46. The van der Waals surface area contributed by atoms with Gasteiger partial charge in [-0.25, -0.2) is 0 Å². The second-order valence-electron chi connectivity index (χ2n) is 3.10. The molecule has 0 fully saturated rings. The predicted molar refractivity (Wildman–Crippen MR) is 54.8 cm³/mol. The molecule has 0 atom stereocenters. The predicted octanol–water partition coefficient (Wildman–Crippen LogP) is 1.40. The molecule has 2 rings (SSSR count). The molecule has 0 amide bonds. The summed E-state index contributed by atoms with van der Waals surface area (Å²) in [5.41, 5.74) is 1.37. The summed E-state index contributed by atoms with van der Waals surface area (Å²) in [6.07, 6.45) is 3.02. The first-order valence-electron chi connectivity index (χ1n) is 5.05. The smallest absolute Gasteiger partial charge is 0.0539 e. The van der Waals surface area contributed by atoms with Gasteiger partial charge in [-0.3, -0.25) is 4.68 Å². The molecule has 3 nitrogen and oxygen atoms in total. The van der Waals surface area contributed by atoms with Gasteiger partial charge in [-0.1, -0.05) is 13.8 Å². The number of likely N-dealkylation sites (N-methyl/N-ethyl adjacent to an activating group) is 1. The van der Waals surface area contributed by atoms with Gasteiger partial charge in [0, 0.05) is 31.4 Å². The zero-order valence-corrected chi connectivity index (χ0v) is 8.82. The minimum Gasteiger partial charge on any atom is -0.304 e. The molecule has 0 unspecified atom stereocenters. The molecule has 0 saturated heterocycles. The standard InChI is InChI=1S/C8H13N3.C2H6/c1-10-5-3-8-2-4-9-11(8)7-6-10;1-2/h2,4H,3,5-7H2,1H3;1-2H3.